The topological polar surface area (TPSA) is 82.0 Å². The maximum Gasteiger partial charge on any atom is 0.234 e. The van der Waals surface area contributed by atoms with E-state index in [0.717, 1.165) is 51.4 Å². The van der Waals surface area contributed by atoms with Crippen LogP contribution in [0.25, 0.3) is 0 Å². The normalized spacial score (nSPS) is 18.2. The molecule has 0 unspecified atom stereocenters. The first-order valence-electron chi connectivity index (χ1n) is 10.6. The van der Waals surface area contributed by atoms with Gasteiger partial charge in [-0.2, -0.15) is 5.26 Å². The highest BCUT2D eigenvalue weighted by Gasteiger charge is 2.37. The highest BCUT2D eigenvalue weighted by molar-refractivity contribution is 8.03. The lowest BCUT2D eigenvalue weighted by Crippen LogP contribution is -2.31. The number of rotatable bonds is 5. The van der Waals surface area contributed by atoms with Crippen LogP contribution in [-0.2, 0) is 9.59 Å². The minimum absolute atomic E-state index is 0.108. The molecule has 1 atom stereocenters. The smallest absolute Gasteiger partial charge is 0.234 e. The molecule has 0 spiro atoms. The second-order valence-electron chi connectivity index (χ2n) is 8.21. The average molecular weight is 464 g/mol. The molecule has 7 heteroatoms. The van der Waals surface area contributed by atoms with Crippen molar-refractivity contribution in [3.8, 4) is 6.07 Å². The van der Waals surface area contributed by atoms with E-state index in [9.17, 15) is 14.9 Å². The lowest BCUT2D eigenvalue weighted by molar-refractivity contribution is -0.116. The number of aryl methyl sites for hydroxylation is 3. The van der Waals surface area contributed by atoms with Crippen LogP contribution in [0.4, 0.5) is 5.69 Å². The number of allylic oxidation sites excluding steroid dienone is 3. The highest BCUT2D eigenvalue weighted by atomic mass is 32.2. The maximum absolute atomic E-state index is 12.8. The van der Waals surface area contributed by atoms with Crippen molar-refractivity contribution >= 4 is 40.5 Å². The molecule has 2 aromatic rings. The molecule has 0 saturated carbocycles. The van der Waals surface area contributed by atoms with Gasteiger partial charge in [0.25, 0.3) is 0 Å². The zero-order chi connectivity index (χ0) is 22.8. The Labute approximate surface area is 196 Å². The van der Waals surface area contributed by atoms with Gasteiger partial charge in [0.05, 0.1) is 28.3 Å². The molecule has 5 nitrogen and oxygen atoms in total. The number of thioether (sulfide) groups is 1. The molecule has 0 bridgehead atoms. The second-order valence-corrected chi connectivity index (χ2v) is 10.2. The van der Waals surface area contributed by atoms with Gasteiger partial charge in [0.2, 0.25) is 5.91 Å². The van der Waals surface area contributed by atoms with Gasteiger partial charge in [-0.25, -0.2) is 0 Å². The molecule has 1 aromatic heterocycles. The van der Waals surface area contributed by atoms with E-state index in [0.29, 0.717) is 17.0 Å². The Morgan fingerprint density at radius 2 is 2.03 bits per heavy atom. The number of nitrogens with zero attached hydrogens (tertiary/aromatic N) is 1. The number of ketones is 1. The van der Waals surface area contributed by atoms with Crippen molar-refractivity contribution in [2.45, 2.75) is 46.0 Å². The van der Waals surface area contributed by atoms with Crippen molar-refractivity contribution in [2.24, 2.45) is 0 Å². The van der Waals surface area contributed by atoms with E-state index >= 15 is 0 Å². The summed E-state index contributed by atoms with van der Waals surface area (Å²) >= 11 is 2.87. The van der Waals surface area contributed by atoms with Gasteiger partial charge in [0.1, 0.15) is 0 Å². The van der Waals surface area contributed by atoms with Crippen LogP contribution in [0.5, 0.6) is 0 Å². The number of nitrogens with one attached hydrogen (secondary N) is 2. The molecule has 1 aromatic carbocycles. The number of nitriles is 1. The van der Waals surface area contributed by atoms with Crippen LogP contribution in [0.15, 0.2) is 51.5 Å². The molecule has 32 heavy (non-hydrogen) atoms. The summed E-state index contributed by atoms with van der Waals surface area (Å²) in [5.74, 6) is -0.189. The molecular weight excluding hydrogens is 438 g/mol. The molecular formula is C25H25N3O2S2. The summed E-state index contributed by atoms with van der Waals surface area (Å²) in [6.07, 6.45) is 2.09. The molecule has 1 aliphatic heterocycles. The number of carbonyl (C=O) groups excluding carboxylic acids is 2. The van der Waals surface area contributed by atoms with Crippen LogP contribution in [0.3, 0.4) is 0 Å². The summed E-state index contributed by atoms with van der Waals surface area (Å²) in [4.78, 5) is 26.5. The Morgan fingerprint density at radius 1 is 1.28 bits per heavy atom. The lowest BCUT2D eigenvalue weighted by atomic mass is 9.79. The number of benzene rings is 1. The predicted molar refractivity (Wildman–Crippen MR) is 130 cm³/mol. The van der Waals surface area contributed by atoms with Crippen LogP contribution < -0.4 is 10.6 Å². The number of carbonyl (C=O) groups is 2. The van der Waals surface area contributed by atoms with Gasteiger partial charge in [-0.3, -0.25) is 9.59 Å². The average Bonchev–Trinajstić information content (AvgIpc) is 3.28. The van der Waals surface area contributed by atoms with Crippen LogP contribution in [0.1, 0.15) is 46.7 Å². The SMILES string of the molecule is Cc1cc(C)c(NC(=O)CSC2=C(C#N)[C@@H](c3cccs3)C3=C(CCCC3=O)N2)c(C)c1. The molecule has 2 N–H and O–H groups in total. The van der Waals surface area contributed by atoms with E-state index in [4.69, 9.17) is 0 Å². The molecule has 2 heterocycles. The Hall–Kier alpha value is -2.82. The minimum atomic E-state index is -0.351. The van der Waals surface area contributed by atoms with Crippen molar-refractivity contribution in [3.63, 3.8) is 0 Å². The molecule has 4 rings (SSSR count). The number of Topliss-reactive ketones (excluding diaryl/α,β-unsaturated/α-hetero) is 1. The number of amides is 1. The van der Waals surface area contributed by atoms with Gasteiger partial charge in [-0.15, -0.1) is 11.3 Å². The number of hydrogen-bond donors (Lipinski definition) is 2. The quantitative estimate of drug-likeness (QED) is 0.614. The van der Waals surface area contributed by atoms with E-state index in [1.54, 1.807) is 11.3 Å². The summed E-state index contributed by atoms with van der Waals surface area (Å²) in [5, 5.41) is 19.0. The van der Waals surface area contributed by atoms with Crippen molar-refractivity contribution in [3.05, 3.63) is 73.1 Å². The first-order chi connectivity index (χ1) is 15.4. The Balaban J connectivity index is 1.58. The fraction of sp³-hybridized carbons (Fsp3) is 0.320. The second kappa shape index (κ2) is 9.35. The van der Waals surface area contributed by atoms with Crippen LogP contribution in [0.2, 0.25) is 0 Å². The summed E-state index contributed by atoms with van der Waals surface area (Å²) in [6, 6.07) is 10.3. The lowest BCUT2D eigenvalue weighted by Gasteiger charge is -2.32. The molecule has 0 radical (unpaired) electrons. The van der Waals surface area contributed by atoms with Gasteiger partial charge < -0.3 is 10.6 Å². The third-order valence-corrected chi connectivity index (χ3v) is 7.73. The van der Waals surface area contributed by atoms with Crippen molar-refractivity contribution < 1.29 is 9.59 Å². The molecule has 2 aliphatic rings. The minimum Gasteiger partial charge on any atom is -0.352 e. The van der Waals surface area contributed by atoms with E-state index in [1.807, 2.05) is 38.3 Å². The number of thiophene rings is 1. The zero-order valence-electron chi connectivity index (χ0n) is 18.4. The van der Waals surface area contributed by atoms with Gasteiger partial charge in [-0.05, 0) is 56.2 Å². The summed E-state index contributed by atoms with van der Waals surface area (Å²) in [5.41, 5.74) is 6.19. The Bertz CT molecular complexity index is 1160. The van der Waals surface area contributed by atoms with E-state index in [-0.39, 0.29) is 23.4 Å². The van der Waals surface area contributed by atoms with Crippen molar-refractivity contribution in [1.82, 2.24) is 5.32 Å². The van der Waals surface area contributed by atoms with Crippen molar-refractivity contribution in [2.75, 3.05) is 11.1 Å². The third kappa shape index (κ3) is 4.38. The van der Waals surface area contributed by atoms with Gasteiger partial charge in [0, 0.05) is 28.3 Å². The Morgan fingerprint density at radius 3 is 2.69 bits per heavy atom. The fourth-order valence-corrected chi connectivity index (χ4v) is 6.17. The van der Waals surface area contributed by atoms with Crippen LogP contribution >= 0.6 is 23.1 Å². The van der Waals surface area contributed by atoms with Gasteiger partial charge in [-0.1, -0.05) is 35.5 Å². The number of dihydropyridines is 1. The summed E-state index contributed by atoms with van der Waals surface area (Å²) < 4.78 is 0. The monoisotopic (exact) mass is 463 g/mol. The first-order valence-corrected chi connectivity index (χ1v) is 12.5. The van der Waals surface area contributed by atoms with E-state index in [2.05, 4.69) is 28.8 Å². The largest absolute Gasteiger partial charge is 0.352 e. The highest BCUT2D eigenvalue weighted by Crippen LogP contribution is 2.45. The summed E-state index contributed by atoms with van der Waals surface area (Å²) in [7, 11) is 0. The standard InChI is InChI=1S/C25H25N3O2S2/c1-14-10-15(2)24(16(3)11-14)28-21(30)13-32-25-17(12-26)22(20-8-5-9-31-20)23-18(27-25)6-4-7-19(23)29/h5,8-11,22,27H,4,6-7,13H2,1-3H3,(H,28,30)/t22-/m0/s1. The molecule has 164 valence electrons. The molecule has 1 amide bonds. The third-order valence-electron chi connectivity index (χ3n) is 5.78. The van der Waals surface area contributed by atoms with E-state index < -0.39 is 0 Å². The van der Waals surface area contributed by atoms with E-state index in [1.165, 1.54) is 11.8 Å². The van der Waals surface area contributed by atoms with Crippen LogP contribution in [0, 0.1) is 32.1 Å². The van der Waals surface area contributed by atoms with Crippen molar-refractivity contribution in [1.29, 1.82) is 5.26 Å². The molecule has 0 saturated heterocycles. The van der Waals surface area contributed by atoms with Gasteiger partial charge >= 0.3 is 0 Å². The number of hydrogen-bond acceptors (Lipinski definition) is 6. The van der Waals surface area contributed by atoms with Gasteiger partial charge in [0.15, 0.2) is 5.78 Å². The molecule has 0 fully saturated rings. The summed E-state index contributed by atoms with van der Waals surface area (Å²) in [6.45, 7) is 6.01. The van der Waals surface area contributed by atoms with Crippen LogP contribution in [-0.4, -0.2) is 17.4 Å². The number of anilines is 1. The fourth-order valence-electron chi connectivity index (χ4n) is 4.47. The Kier molecular flexibility index (Phi) is 6.54. The zero-order valence-corrected chi connectivity index (χ0v) is 20.0. The first kappa shape index (κ1) is 22.4. The molecule has 1 aliphatic carbocycles. The maximum atomic E-state index is 12.8. The predicted octanol–water partition coefficient (Wildman–Crippen LogP) is 5.47.